The van der Waals surface area contributed by atoms with Gasteiger partial charge in [0.15, 0.2) is 0 Å². The van der Waals surface area contributed by atoms with Crippen molar-refractivity contribution in [3.05, 3.63) is 58.8 Å². The quantitative estimate of drug-likeness (QED) is 0.643. The molecule has 3 rings (SSSR count). The molecule has 2 aromatic rings. The SMILES string of the molecule is O=S(=O)(O)C(F)(F)F.O=c1ccnc(C2CCC2)n1-c1ccccc1. The minimum absolute atomic E-state index is 0.00750. The Labute approximate surface area is 141 Å². The Morgan fingerprint density at radius 2 is 1.68 bits per heavy atom. The van der Waals surface area contributed by atoms with E-state index in [-0.39, 0.29) is 5.56 Å². The van der Waals surface area contributed by atoms with Crippen molar-refractivity contribution < 1.29 is 26.1 Å². The molecule has 0 bridgehead atoms. The van der Waals surface area contributed by atoms with Crippen molar-refractivity contribution in [2.45, 2.75) is 30.7 Å². The van der Waals surface area contributed by atoms with Gasteiger partial charge in [-0.2, -0.15) is 21.6 Å². The van der Waals surface area contributed by atoms with Crippen LogP contribution in [0.5, 0.6) is 0 Å². The molecule has 1 heterocycles. The van der Waals surface area contributed by atoms with E-state index in [0.29, 0.717) is 5.92 Å². The summed E-state index contributed by atoms with van der Waals surface area (Å²) in [6, 6.07) is 11.3. The van der Waals surface area contributed by atoms with Crippen molar-refractivity contribution >= 4 is 10.1 Å². The van der Waals surface area contributed by atoms with Crippen molar-refractivity contribution in [2.75, 3.05) is 0 Å². The lowest BCUT2D eigenvalue weighted by atomic mass is 9.84. The Morgan fingerprint density at radius 1 is 1.12 bits per heavy atom. The van der Waals surface area contributed by atoms with Gasteiger partial charge in [0.05, 0.1) is 5.69 Å². The monoisotopic (exact) mass is 376 g/mol. The number of nitrogens with zero attached hydrogens (tertiary/aromatic N) is 2. The number of rotatable bonds is 2. The molecular weight excluding hydrogens is 361 g/mol. The molecule has 1 aromatic heterocycles. The lowest BCUT2D eigenvalue weighted by molar-refractivity contribution is -0.0510. The lowest BCUT2D eigenvalue weighted by Crippen LogP contribution is -2.26. The molecule has 0 radical (unpaired) electrons. The second-order valence-electron chi connectivity index (χ2n) is 5.36. The van der Waals surface area contributed by atoms with E-state index in [4.69, 9.17) is 13.0 Å². The highest BCUT2D eigenvalue weighted by atomic mass is 32.2. The summed E-state index contributed by atoms with van der Waals surface area (Å²) in [6.45, 7) is 0. The highest BCUT2D eigenvalue weighted by Crippen LogP contribution is 2.35. The third kappa shape index (κ3) is 4.67. The van der Waals surface area contributed by atoms with E-state index in [1.807, 2.05) is 30.3 Å². The highest BCUT2D eigenvalue weighted by Gasteiger charge is 2.44. The van der Waals surface area contributed by atoms with Crippen LogP contribution in [0.1, 0.15) is 31.0 Å². The van der Waals surface area contributed by atoms with E-state index in [9.17, 15) is 18.0 Å². The van der Waals surface area contributed by atoms with Crippen LogP contribution in [0.15, 0.2) is 47.4 Å². The van der Waals surface area contributed by atoms with Crippen molar-refractivity contribution in [2.24, 2.45) is 0 Å². The Kier molecular flexibility index (Phi) is 5.63. The first-order valence-corrected chi connectivity index (χ1v) is 8.72. The summed E-state index contributed by atoms with van der Waals surface area (Å²) in [7, 11) is -5.84. The maximum atomic E-state index is 12.0. The Bertz CT molecular complexity index is 876. The second kappa shape index (κ2) is 7.36. The predicted molar refractivity (Wildman–Crippen MR) is 84.0 cm³/mol. The van der Waals surface area contributed by atoms with Gasteiger partial charge >= 0.3 is 15.6 Å². The number of para-hydroxylation sites is 1. The van der Waals surface area contributed by atoms with Gasteiger partial charge in [-0.05, 0) is 25.0 Å². The number of benzene rings is 1. The van der Waals surface area contributed by atoms with Crippen LogP contribution < -0.4 is 5.56 Å². The molecule has 1 N–H and O–H groups in total. The van der Waals surface area contributed by atoms with Gasteiger partial charge in [-0.3, -0.25) is 13.9 Å². The normalized spacial score (nSPS) is 15.0. The molecule has 0 atom stereocenters. The Balaban J connectivity index is 0.000000242. The molecule has 1 aromatic carbocycles. The Hall–Kier alpha value is -2.20. The lowest BCUT2D eigenvalue weighted by Gasteiger charge is -2.27. The topological polar surface area (TPSA) is 89.3 Å². The number of halogens is 3. The van der Waals surface area contributed by atoms with E-state index in [0.717, 1.165) is 24.4 Å². The minimum Gasteiger partial charge on any atom is -0.279 e. The van der Waals surface area contributed by atoms with Gasteiger partial charge < -0.3 is 0 Å². The molecule has 6 nitrogen and oxygen atoms in total. The van der Waals surface area contributed by atoms with Gasteiger partial charge in [0.25, 0.3) is 5.56 Å². The second-order valence-corrected chi connectivity index (χ2v) is 6.77. The molecule has 0 aliphatic heterocycles. The fraction of sp³-hybridized carbons (Fsp3) is 0.333. The van der Waals surface area contributed by atoms with E-state index >= 15 is 0 Å². The number of hydrogen-bond acceptors (Lipinski definition) is 4. The summed E-state index contributed by atoms with van der Waals surface area (Å²) in [5.74, 6) is 1.36. The van der Waals surface area contributed by atoms with Crippen LogP contribution in [0.25, 0.3) is 5.69 Å². The molecule has 10 heteroatoms. The molecule has 1 aliphatic carbocycles. The summed E-state index contributed by atoms with van der Waals surface area (Å²) >= 11 is 0. The molecule has 136 valence electrons. The van der Waals surface area contributed by atoms with Crippen molar-refractivity contribution in [3.8, 4) is 5.69 Å². The fourth-order valence-electron chi connectivity index (χ4n) is 2.21. The van der Waals surface area contributed by atoms with Crippen LogP contribution in [-0.2, 0) is 10.1 Å². The summed E-state index contributed by atoms with van der Waals surface area (Å²) < 4.78 is 59.3. The highest BCUT2D eigenvalue weighted by molar-refractivity contribution is 7.86. The van der Waals surface area contributed by atoms with Crippen LogP contribution in [0.4, 0.5) is 13.2 Å². The molecule has 1 aliphatic rings. The van der Waals surface area contributed by atoms with E-state index in [1.165, 1.54) is 12.5 Å². The van der Waals surface area contributed by atoms with Gasteiger partial charge in [0.1, 0.15) is 5.82 Å². The van der Waals surface area contributed by atoms with Gasteiger partial charge in [-0.15, -0.1) is 0 Å². The zero-order chi connectivity index (χ0) is 18.7. The largest absolute Gasteiger partial charge is 0.522 e. The summed E-state index contributed by atoms with van der Waals surface area (Å²) in [5, 5.41) is 0. The van der Waals surface area contributed by atoms with E-state index in [2.05, 4.69) is 4.98 Å². The fourth-order valence-corrected chi connectivity index (χ4v) is 2.21. The van der Waals surface area contributed by atoms with Gasteiger partial charge in [0, 0.05) is 18.2 Å². The number of hydrogen-bond donors (Lipinski definition) is 1. The standard InChI is InChI=1S/C14H14N2O.CHF3O3S/c17-13-9-10-15-14(11-5-4-6-11)16(13)12-7-2-1-3-8-12;2-1(3,4)8(5,6)7/h1-3,7-11H,4-6H2;(H,5,6,7). The van der Waals surface area contributed by atoms with Crippen molar-refractivity contribution in [1.29, 1.82) is 0 Å². The zero-order valence-electron chi connectivity index (χ0n) is 12.8. The summed E-state index contributed by atoms with van der Waals surface area (Å²) in [6.07, 6.45) is 5.15. The van der Waals surface area contributed by atoms with Crippen LogP contribution in [0, 0.1) is 0 Å². The van der Waals surface area contributed by atoms with Crippen LogP contribution in [0.3, 0.4) is 0 Å². The van der Waals surface area contributed by atoms with Gasteiger partial charge in [-0.1, -0.05) is 24.6 Å². The average Bonchev–Trinajstić information content (AvgIpc) is 2.45. The van der Waals surface area contributed by atoms with Crippen LogP contribution >= 0.6 is 0 Å². The van der Waals surface area contributed by atoms with Crippen LogP contribution in [-0.4, -0.2) is 28.0 Å². The molecular formula is C15H15F3N2O4S. The molecule has 0 saturated heterocycles. The molecule has 1 saturated carbocycles. The maximum Gasteiger partial charge on any atom is 0.522 e. The van der Waals surface area contributed by atoms with E-state index < -0.39 is 15.6 Å². The number of aromatic nitrogens is 2. The first-order valence-electron chi connectivity index (χ1n) is 7.28. The molecule has 0 unspecified atom stereocenters. The average molecular weight is 376 g/mol. The molecule has 0 amide bonds. The molecule has 1 fully saturated rings. The third-order valence-electron chi connectivity index (χ3n) is 3.65. The first-order chi connectivity index (χ1) is 11.6. The van der Waals surface area contributed by atoms with Crippen molar-refractivity contribution in [3.63, 3.8) is 0 Å². The predicted octanol–water partition coefficient (Wildman–Crippen LogP) is 2.89. The molecule has 25 heavy (non-hydrogen) atoms. The summed E-state index contributed by atoms with van der Waals surface area (Å²) in [5.41, 5.74) is -4.62. The summed E-state index contributed by atoms with van der Waals surface area (Å²) in [4.78, 5) is 16.4. The van der Waals surface area contributed by atoms with Gasteiger partial charge in [0.2, 0.25) is 0 Å². The number of alkyl halides is 3. The maximum absolute atomic E-state index is 12.0. The third-order valence-corrected chi connectivity index (χ3v) is 4.24. The van der Waals surface area contributed by atoms with Gasteiger partial charge in [-0.25, -0.2) is 4.98 Å². The molecule has 0 spiro atoms. The minimum atomic E-state index is -5.84. The van der Waals surface area contributed by atoms with Crippen molar-refractivity contribution in [1.82, 2.24) is 9.55 Å². The first kappa shape index (κ1) is 19.1. The zero-order valence-corrected chi connectivity index (χ0v) is 13.7. The van der Waals surface area contributed by atoms with Crippen LogP contribution in [0.2, 0.25) is 0 Å². The van der Waals surface area contributed by atoms with E-state index in [1.54, 1.807) is 10.8 Å². The Morgan fingerprint density at radius 3 is 2.12 bits per heavy atom. The smallest absolute Gasteiger partial charge is 0.279 e.